The number of nitrogens with two attached hydrogens (primary N) is 1. The summed E-state index contributed by atoms with van der Waals surface area (Å²) in [5.74, 6) is 0.906. The van der Waals surface area contributed by atoms with Crippen LogP contribution in [-0.2, 0) is 0 Å². The maximum absolute atomic E-state index is 5.76. The van der Waals surface area contributed by atoms with E-state index >= 15 is 0 Å². The fraction of sp³-hybridized carbons (Fsp3) is 0.625. The fourth-order valence-corrected chi connectivity index (χ4v) is 2.75. The lowest BCUT2D eigenvalue weighted by Crippen LogP contribution is -2.34. The third-order valence-electron chi connectivity index (χ3n) is 4.04. The largest absolute Gasteiger partial charge is 0.492 e. The summed E-state index contributed by atoms with van der Waals surface area (Å²) in [6.45, 7) is 1.74. The van der Waals surface area contributed by atoms with Gasteiger partial charge in [0.2, 0.25) is 0 Å². The number of benzene rings is 1. The first-order valence-electron chi connectivity index (χ1n) is 7.44. The van der Waals surface area contributed by atoms with Crippen LogP contribution in [0.5, 0.6) is 5.75 Å². The zero-order valence-electron chi connectivity index (χ0n) is 12.0. The van der Waals surface area contributed by atoms with E-state index in [1.807, 2.05) is 24.3 Å². The normalized spacial score (nSPS) is 17.4. The van der Waals surface area contributed by atoms with Crippen molar-refractivity contribution in [2.24, 2.45) is 0 Å². The molecule has 0 aromatic heterocycles. The summed E-state index contributed by atoms with van der Waals surface area (Å²) < 4.78 is 5.76. The summed E-state index contributed by atoms with van der Waals surface area (Å²) in [6.07, 6.45) is 8.27. The van der Waals surface area contributed by atoms with E-state index in [-0.39, 0.29) is 0 Å². The molecule has 0 atom stereocenters. The Morgan fingerprint density at radius 1 is 1.11 bits per heavy atom. The van der Waals surface area contributed by atoms with Gasteiger partial charge in [-0.25, -0.2) is 0 Å². The van der Waals surface area contributed by atoms with Crippen LogP contribution < -0.4 is 10.5 Å². The molecular formula is C16H26N2O. The van der Waals surface area contributed by atoms with Crippen LogP contribution in [0.2, 0.25) is 0 Å². The molecule has 1 fully saturated rings. The zero-order valence-corrected chi connectivity index (χ0v) is 12.0. The van der Waals surface area contributed by atoms with Gasteiger partial charge in [0.25, 0.3) is 0 Å². The molecule has 2 N–H and O–H groups in total. The maximum atomic E-state index is 5.76. The molecule has 0 saturated heterocycles. The second-order valence-corrected chi connectivity index (χ2v) is 5.54. The molecule has 0 heterocycles. The Balaban J connectivity index is 1.70. The van der Waals surface area contributed by atoms with Gasteiger partial charge in [0, 0.05) is 18.3 Å². The molecule has 0 amide bonds. The Kier molecular flexibility index (Phi) is 5.52. The number of hydrogen-bond acceptors (Lipinski definition) is 3. The van der Waals surface area contributed by atoms with E-state index in [1.165, 1.54) is 38.5 Å². The molecule has 1 aliphatic rings. The van der Waals surface area contributed by atoms with E-state index in [0.717, 1.165) is 30.6 Å². The molecule has 1 saturated carbocycles. The summed E-state index contributed by atoms with van der Waals surface area (Å²) in [4.78, 5) is 2.46. The van der Waals surface area contributed by atoms with Gasteiger partial charge < -0.3 is 15.4 Å². The molecule has 1 aromatic rings. The predicted octanol–water partition coefficient (Wildman–Crippen LogP) is 3.30. The Labute approximate surface area is 116 Å². The number of anilines is 1. The number of likely N-dealkylation sites (N-methyl/N-ethyl adjacent to an activating group) is 1. The summed E-state index contributed by atoms with van der Waals surface area (Å²) in [7, 11) is 2.22. The lowest BCUT2D eigenvalue weighted by molar-refractivity contribution is 0.178. The highest BCUT2D eigenvalue weighted by Gasteiger charge is 2.16. The van der Waals surface area contributed by atoms with Gasteiger partial charge in [-0.05, 0) is 44.2 Å². The number of nitrogens with zero attached hydrogens (tertiary/aromatic N) is 1. The van der Waals surface area contributed by atoms with Crippen molar-refractivity contribution in [3.8, 4) is 5.75 Å². The van der Waals surface area contributed by atoms with E-state index in [4.69, 9.17) is 10.5 Å². The molecule has 2 rings (SSSR count). The second kappa shape index (κ2) is 7.39. The van der Waals surface area contributed by atoms with E-state index in [1.54, 1.807) is 0 Å². The van der Waals surface area contributed by atoms with Crippen molar-refractivity contribution in [3.05, 3.63) is 24.3 Å². The van der Waals surface area contributed by atoms with Gasteiger partial charge in [-0.3, -0.25) is 0 Å². The molecule has 1 aliphatic carbocycles. The van der Waals surface area contributed by atoms with Crippen molar-refractivity contribution >= 4 is 5.69 Å². The number of hydrogen-bond donors (Lipinski definition) is 1. The zero-order chi connectivity index (χ0) is 13.5. The highest BCUT2D eigenvalue weighted by Crippen LogP contribution is 2.21. The van der Waals surface area contributed by atoms with Crippen molar-refractivity contribution in [2.45, 2.75) is 44.6 Å². The van der Waals surface area contributed by atoms with Gasteiger partial charge in [-0.15, -0.1) is 0 Å². The smallest absolute Gasteiger partial charge is 0.119 e. The molecule has 0 aliphatic heterocycles. The molecule has 0 unspecified atom stereocenters. The van der Waals surface area contributed by atoms with Crippen molar-refractivity contribution in [1.29, 1.82) is 0 Å². The number of nitrogen functional groups attached to an aromatic ring is 1. The molecule has 3 nitrogen and oxygen atoms in total. The van der Waals surface area contributed by atoms with Crippen molar-refractivity contribution in [2.75, 3.05) is 25.9 Å². The van der Waals surface area contributed by atoms with Gasteiger partial charge in [-0.2, -0.15) is 0 Å². The monoisotopic (exact) mass is 262 g/mol. The molecule has 3 heteroatoms. The first-order chi connectivity index (χ1) is 9.25. The molecule has 1 aromatic carbocycles. The summed E-state index contributed by atoms with van der Waals surface area (Å²) >= 11 is 0. The second-order valence-electron chi connectivity index (χ2n) is 5.54. The maximum Gasteiger partial charge on any atom is 0.119 e. The van der Waals surface area contributed by atoms with Crippen LogP contribution in [0.25, 0.3) is 0 Å². The molecule has 0 radical (unpaired) electrons. The highest BCUT2D eigenvalue weighted by molar-refractivity contribution is 5.41. The molecule has 0 spiro atoms. The Bertz CT molecular complexity index is 356. The van der Waals surface area contributed by atoms with Gasteiger partial charge in [-0.1, -0.05) is 25.7 Å². The highest BCUT2D eigenvalue weighted by atomic mass is 16.5. The molecule has 19 heavy (non-hydrogen) atoms. The van der Waals surface area contributed by atoms with Crippen LogP contribution in [0, 0.1) is 0 Å². The van der Waals surface area contributed by atoms with Crippen LogP contribution in [0.15, 0.2) is 24.3 Å². The lowest BCUT2D eigenvalue weighted by atomic mass is 10.1. The average Bonchev–Trinajstić information content (AvgIpc) is 2.70. The van der Waals surface area contributed by atoms with Crippen LogP contribution in [0.1, 0.15) is 38.5 Å². The average molecular weight is 262 g/mol. The first-order valence-corrected chi connectivity index (χ1v) is 7.44. The van der Waals surface area contributed by atoms with E-state index in [9.17, 15) is 0 Å². The van der Waals surface area contributed by atoms with Crippen molar-refractivity contribution in [1.82, 2.24) is 4.90 Å². The summed E-state index contributed by atoms with van der Waals surface area (Å²) in [5.41, 5.74) is 6.43. The fourth-order valence-electron chi connectivity index (χ4n) is 2.75. The van der Waals surface area contributed by atoms with E-state index in [0.29, 0.717) is 0 Å². The molecule has 0 bridgehead atoms. The number of rotatable bonds is 5. The van der Waals surface area contributed by atoms with Crippen LogP contribution in [0.3, 0.4) is 0 Å². The standard InChI is InChI=1S/C16H26N2O/c1-18(15-6-4-2-3-5-7-15)12-13-19-16-10-8-14(17)9-11-16/h8-11,15H,2-7,12-13,17H2,1H3. The van der Waals surface area contributed by atoms with Gasteiger partial charge in [0.15, 0.2) is 0 Å². The topological polar surface area (TPSA) is 38.5 Å². The molecular weight excluding hydrogens is 236 g/mol. The predicted molar refractivity (Wildman–Crippen MR) is 80.5 cm³/mol. The quantitative estimate of drug-likeness (QED) is 0.653. The van der Waals surface area contributed by atoms with E-state index < -0.39 is 0 Å². The SMILES string of the molecule is CN(CCOc1ccc(N)cc1)C1CCCCCC1. The third kappa shape index (κ3) is 4.75. The summed E-state index contributed by atoms with van der Waals surface area (Å²) in [5, 5.41) is 0. The summed E-state index contributed by atoms with van der Waals surface area (Å²) in [6, 6.07) is 8.37. The van der Waals surface area contributed by atoms with Crippen LogP contribution in [0.4, 0.5) is 5.69 Å². The minimum absolute atomic E-state index is 0.747. The minimum Gasteiger partial charge on any atom is -0.492 e. The van der Waals surface area contributed by atoms with Crippen molar-refractivity contribution < 1.29 is 4.74 Å². The Morgan fingerprint density at radius 3 is 2.37 bits per heavy atom. The molecule has 106 valence electrons. The Morgan fingerprint density at radius 2 is 1.74 bits per heavy atom. The van der Waals surface area contributed by atoms with Crippen molar-refractivity contribution in [3.63, 3.8) is 0 Å². The number of ether oxygens (including phenoxy) is 1. The van der Waals surface area contributed by atoms with Gasteiger partial charge >= 0.3 is 0 Å². The third-order valence-corrected chi connectivity index (χ3v) is 4.04. The van der Waals surface area contributed by atoms with E-state index in [2.05, 4.69) is 11.9 Å². The van der Waals surface area contributed by atoms with Gasteiger partial charge in [0.1, 0.15) is 12.4 Å². The minimum atomic E-state index is 0.747. The van der Waals surface area contributed by atoms with Crippen LogP contribution >= 0.6 is 0 Å². The lowest BCUT2D eigenvalue weighted by Gasteiger charge is -2.26. The Hall–Kier alpha value is -1.22. The van der Waals surface area contributed by atoms with Gasteiger partial charge in [0.05, 0.1) is 0 Å². The van der Waals surface area contributed by atoms with Crippen LogP contribution in [-0.4, -0.2) is 31.1 Å². The first kappa shape index (κ1) is 14.2.